The quantitative estimate of drug-likeness (QED) is 0.360. The number of hydrogen-bond donors (Lipinski definition) is 0. The van der Waals surface area contributed by atoms with E-state index >= 15 is 0 Å². The van der Waals surface area contributed by atoms with Crippen molar-refractivity contribution in [3.63, 3.8) is 0 Å². The first-order valence-electron chi connectivity index (χ1n) is 12.1. The Bertz CT molecular complexity index is 1420. The van der Waals surface area contributed by atoms with Gasteiger partial charge in [-0.2, -0.15) is 0 Å². The van der Waals surface area contributed by atoms with Crippen LogP contribution in [0.4, 0.5) is 5.69 Å². The topological polar surface area (TPSA) is 62.7 Å². The van der Waals surface area contributed by atoms with Gasteiger partial charge in [0.05, 0.1) is 18.3 Å². The molecule has 182 valence electrons. The number of carbonyl (C=O) groups is 2. The molecule has 1 fully saturated rings. The second kappa shape index (κ2) is 9.82. The Morgan fingerprint density at radius 1 is 0.833 bits per heavy atom. The molecule has 0 N–H and O–H groups in total. The number of carbonyl (C=O) groups excluding carboxylic acids is 2. The van der Waals surface area contributed by atoms with E-state index in [1.807, 2.05) is 53.4 Å². The number of anilines is 1. The maximum atomic E-state index is 13.3. The lowest BCUT2D eigenvalue weighted by Gasteiger charge is -2.36. The molecule has 0 unspecified atom stereocenters. The zero-order valence-corrected chi connectivity index (χ0v) is 20.8. The highest BCUT2D eigenvalue weighted by molar-refractivity contribution is 6.00. The van der Waals surface area contributed by atoms with Crippen molar-refractivity contribution < 1.29 is 14.3 Å². The molecule has 0 bridgehead atoms. The summed E-state index contributed by atoms with van der Waals surface area (Å²) in [6.45, 7) is 6.37. The van der Waals surface area contributed by atoms with Gasteiger partial charge >= 0.3 is 0 Å². The number of pyridine rings is 1. The summed E-state index contributed by atoms with van der Waals surface area (Å²) in [5.74, 6) is 0.766. The lowest BCUT2D eigenvalue weighted by Crippen LogP contribution is -2.48. The predicted octanol–water partition coefficient (Wildman–Crippen LogP) is 5.38. The van der Waals surface area contributed by atoms with E-state index in [2.05, 4.69) is 36.1 Å². The number of hydrogen-bond acceptors (Lipinski definition) is 5. The van der Waals surface area contributed by atoms with Gasteiger partial charge in [-0.3, -0.25) is 9.59 Å². The van der Waals surface area contributed by atoms with Crippen LogP contribution in [0, 0.1) is 6.92 Å². The first-order valence-corrected chi connectivity index (χ1v) is 12.1. The van der Waals surface area contributed by atoms with Gasteiger partial charge in [0.15, 0.2) is 5.78 Å². The van der Waals surface area contributed by atoms with Crippen molar-refractivity contribution in [1.82, 2.24) is 9.88 Å². The van der Waals surface area contributed by atoms with Crippen molar-refractivity contribution in [2.75, 3.05) is 38.2 Å². The van der Waals surface area contributed by atoms with Gasteiger partial charge in [0.25, 0.3) is 5.91 Å². The maximum Gasteiger partial charge on any atom is 0.254 e. The third kappa shape index (κ3) is 4.67. The van der Waals surface area contributed by atoms with E-state index in [1.54, 1.807) is 14.0 Å². The number of fused-ring (bicyclic) bond motifs is 1. The molecular weight excluding hydrogens is 450 g/mol. The molecular formula is C30H29N3O3. The zero-order valence-electron chi connectivity index (χ0n) is 20.8. The monoisotopic (exact) mass is 479 g/mol. The Kier molecular flexibility index (Phi) is 6.42. The number of ketones is 1. The number of aromatic nitrogens is 1. The maximum absolute atomic E-state index is 13.3. The van der Waals surface area contributed by atoms with Crippen molar-refractivity contribution in [3.05, 3.63) is 89.5 Å². The second-order valence-electron chi connectivity index (χ2n) is 9.19. The summed E-state index contributed by atoms with van der Waals surface area (Å²) in [6, 6.07) is 23.5. The Hall–Kier alpha value is -4.19. The Morgan fingerprint density at radius 2 is 1.50 bits per heavy atom. The Labute approximate surface area is 211 Å². The summed E-state index contributed by atoms with van der Waals surface area (Å²) in [5.41, 5.74) is 6.25. The van der Waals surface area contributed by atoms with Crippen LogP contribution in [0.2, 0.25) is 0 Å². The molecule has 0 radical (unpaired) electrons. The normalized spacial score (nSPS) is 13.6. The van der Waals surface area contributed by atoms with Crippen molar-refractivity contribution in [1.29, 1.82) is 0 Å². The highest BCUT2D eigenvalue weighted by Crippen LogP contribution is 2.31. The standard InChI is InChI=1S/C30H29N3O3/c1-20-4-6-23(7-5-20)28-19-29(36-3)26-18-24(10-13-27(26)31-28)30(35)33-16-14-32(15-17-33)25-11-8-22(9-12-25)21(2)34/h4-13,18-19H,14-17H2,1-3H3. The number of Topliss-reactive ketones (excluding diaryl/α,β-unsaturated/α-hetero) is 1. The first-order chi connectivity index (χ1) is 17.4. The van der Waals surface area contributed by atoms with Crippen LogP contribution in [0.1, 0.15) is 33.2 Å². The molecule has 0 spiro atoms. The number of rotatable bonds is 5. The van der Waals surface area contributed by atoms with E-state index in [4.69, 9.17) is 9.72 Å². The predicted molar refractivity (Wildman–Crippen MR) is 143 cm³/mol. The fraction of sp³-hybridized carbons (Fsp3) is 0.233. The molecule has 5 rings (SSSR count). The summed E-state index contributed by atoms with van der Waals surface area (Å²) in [4.78, 5) is 33.8. The smallest absolute Gasteiger partial charge is 0.254 e. The lowest BCUT2D eigenvalue weighted by molar-refractivity contribution is 0.0746. The van der Waals surface area contributed by atoms with E-state index in [9.17, 15) is 9.59 Å². The Morgan fingerprint density at radius 3 is 2.14 bits per heavy atom. The molecule has 1 amide bonds. The molecule has 3 aromatic carbocycles. The van der Waals surface area contributed by atoms with Crippen LogP contribution < -0.4 is 9.64 Å². The van der Waals surface area contributed by atoms with E-state index in [1.165, 1.54) is 5.56 Å². The fourth-order valence-electron chi connectivity index (χ4n) is 4.63. The van der Waals surface area contributed by atoms with Gasteiger partial charge in [0, 0.05) is 60.0 Å². The van der Waals surface area contributed by atoms with Gasteiger partial charge in [-0.25, -0.2) is 4.98 Å². The van der Waals surface area contributed by atoms with Crippen molar-refractivity contribution >= 4 is 28.3 Å². The number of nitrogens with zero attached hydrogens (tertiary/aromatic N) is 3. The van der Waals surface area contributed by atoms with Crippen LogP contribution in [0.3, 0.4) is 0 Å². The molecule has 4 aromatic rings. The summed E-state index contributed by atoms with van der Waals surface area (Å²) in [6.07, 6.45) is 0. The zero-order chi connectivity index (χ0) is 25.2. The molecule has 0 saturated carbocycles. The van der Waals surface area contributed by atoms with E-state index in [-0.39, 0.29) is 11.7 Å². The van der Waals surface area contributed by atoms with Crippen LogP contribution in [-0.4, -0.2) is 54.9 Å². The number of piperazine rings is 1. The summed E-state index contributed by atoms with van der Waals surface area (Å²) >= 11 is 0. The molecule has 1 aliphatic heterocycles. The minimum Gasteiger partial charge on any atom is -0.496 e. The molecule has 1 aromatic heterocycles. The molecule has 1 saturated heterocycles. The Balaban J connectivity index is 1.33. The molecule has 0 atom stereocenters. The van der Waals surface area contributed by atoms with Gasteiger partial charge in [-0.05, 0) is 56.3 Å². The minimum absolute atomic E-state index is 0.00754. The van der Waals surface area contributed by atoms with Gasteiger partial charge in [-0.1, -0.05) is 29.8 Å². The molecule has 1 aliphatic rings. The van der Waals surface area contributed by atoms with Gasteiger partial charge in [-0.15, -0.1) is 0 Å². The third-order valence-electron chi connectivity index (χ3n) is 6.79. The first kappa shape index (κ1) is 23.5. The number of ether oxygens (including phenoxy) is 1. The highest BCUT2D eigenvalue weighted by atomic mass is 16.5. The van der Waals surface area contributed by atoms with Crippen LogP contribution in [0.25, 0.3) is 22.2 Å². The van der Waals surface area contributed by atoms with E-state index in [0.29, 0.717) is 30.0 Å². The SMILES string of the molecule is COc1cc(-c2ccc(C)cc2)nc2ccc(C(=O)N3CCN(c4ccc(C(C)=O)cc4)CC3)cc12. The molecule has 0 aliphatic carbocycles. The van der Waals surface area contributed by atoms with Crippen LogP contribution >= 0.6 is 0 Å². The van der Waals surface area contributed by atoms with Crippen LogP contribution in [0.15, 0.2) is 72.8 Å². The van der Waals surface area contributed by atoms with Crippen molar-refractivity contribution in [3.8, 4) is 17.0 Å². The van der Waals surface area contributed by atoms with Gasteiger partial charge < -0.3 is 14.5 Å². The average Bonchev–Trinajstić information content (AvgIpc) is 2.92. The number of amides is 1. The number of aryl methyl sites for hydroxylation is 1. The second-order valence-corrected chi connectivity index (χ2v) is 9.19. The van der Waals surface area contributed by atoms with Crippen molar-refractivity contribution in [2.45, 2.75) is 13.8 Å². The molecule has 36 heavy (non-hydrogen) atoms. The largest absolute Gasteiger partial charge is 0.496 e. The van der Waals surface area contributed by atoms with Gasteiger partial charge in [0.1, 0.15) is 5.75 Å². The fourth-order valence-corrected chi connectivity index (χ4v) is 4.63. The van der Waals surface area contributed by atoms with Crippen molar-refractivity contribution in [2.24, 2.45) is 0 Å². The molecule has 6 nitrogen and oxygen atoms in total. The van der Waals surface area contributed by atoms with E-state index < -0.39 is 0 Å². The van der Waals surface area contributed by atoms with E-state index in [0.717, 1.165) is 40.9 Å². The van der Waals surface area contributed by atoms with Gasteiger partial charge in [0.2, 0.25) is 0 Å². The summed E-state index contributed by atoms with van der Waals surface area (Å²) in [7, 11) is 1.64. The summed E-state index contributed by atoms with van der Waals surface area (Å²) < 4.78 is 5.69. The lowest BCUT2D eigenvalue weighted by atomic mass is 10.0. The highest BCUT2D eigenvalue weighted by Gasteiger charge is 2.23. The molecule has 2 heterocycles. The molecule has 6 heteroatoms. The van der Waals surface area contributed by atoms with Crippen LogP contribution in [-0.2, 0) is 0 Å². The summed E-state index contributed by atoms with van der Waals surface area (Å²) in [5, 5.41) is 0.823. The average molecular weight is 480 g/mol. The number of methoxy groups -OCH3 is 1. The minimum atomic E-state index is 0.00754. The van der Waals surface area contributed by atoms with Crippen LogP contribution in [0.5, 0.6) is 5.75 Å². The third-order valence-corrected chi connectivity index (χ3v) is 6.79. The number of benzene rings is 3.